The van der Waals surface area contributed by atoms with Crippen molar-refractivity contribution in [1.29, 1.82) is 0 Å². The predicted molar refractivity (Wildman–Crippen MR) is 91.1 cm³/mol. The minimum absolute atomic E-state index is 0.146. The van der Waals surface area contributed by atoms with Gasteiger partial charge < -0.3 is 27.2 Å². The number of hydrogen-bond acceptors (Lipinski definition) is 6. The predicted octanol–water partition coefficient (Wildman–Crippen LogP) is -0.917. The second-order valence-electron chi connectivity index (χ2n) is 5.70. The molecule has 0 aliphatic carbocycles. The molecule has 0 rings (SSSR count). The molecule has 7 N–H and O–H groups in total. The number of amides is 2. The molecule has 0 aliphatic rings. The molecule has 23 heavy (non-hydrogen) atoms. The van der Waals surface area contributed by atoms with Gasteiger partial charge >= 0.3 is 5.97 Å². The van der Waals surface area contributed by atoms with Gasteiger partial charge in [-0.25, -0.2) is 4.79 Å². The molecule has 2 amide bonds. The standard InChI is InChI=1S/C14H28N4O4S/c1-8(2)11(14(21)22)18-13(20)10(5-3-4-6-15)17-12(19)9(16)7-23/h8-11,23H,3-7,15-16H2,1-2H3,(H,17,19)(H,18,20)(H,21,22)/t9-,10-,11-/m0/s1. The van der Waals surface area contributed by atoms with Gasteiger partial charge in [-0.2, -0.15) is 12.6 Å². The third kappa shape index (κ3) is 8.19. The van der Waals surface area contributed by atoms with Gasteiger partial charge in [0.05, 0.1) is 6.04 Å². The normalized spacial score (nSPS) is 14.9. The van der Waals surface area contributed by atoms with E-state index >= 15 is 0 Å². The van der Waals surface area contributed by atoms with E-state index < -0.39 is 35.9 Å². The van der Waals surface area contributed by atoms with E-state index in [1.807, 2.05) is 0 Å². The molecule has 9 heteroatoms. The van der Waals surface area contributed by atoms with Gasteiger partial charge in [-0.3, -0.25) is 9.59 Å². The smallest absolute Gasteiger partial charge is 0.326 e. The van der Waals surface area contributed by atoms with Gasteiger partial charge in [-0.05, 0) is 31.7 Å². The highest BCUT2D eigenvalue weighted by Crippen LogP contribution is 2.06. The van der Waals surface area contributed by atoms with Crippen molar-refractivity contribution in [2.45, 2.75) is 51.2 Å². The van der Waals surface area contributed by atoms with Crippen LogP contribution in [0.3, 0.4) is 0 Å². The summed E-state index contributed by atoms with van der Waals surface area (Å²) in [7, 11) is 0. The van der Waals surface area contributed by atoms with Crippen LogP contribution in [0.5, 0.6) is 0 Å². The zero-order valence-electron chi connectivity index (χ0n) is 13.6. The second kappa shape index (κ2) is 11.3. The molecule has 3 atom stereocenters. The largest absolute Gasteiger partial charge is 0.480 e. The van der Waals surface area contributed by atoms with Gasteiger partial charge in [0.15, 0.2) is 0 Å². The van der Waals surface area contributed by atoms with Gasteiger partial charge in [0.2, 0.25) is 11.8 Å². The van der Waals surface area contributed by atoms with Gasteiger partial charge in [-0.15, -0.1) is 0 Å². The summed E-state index contributed by atoms with van der Waals surface area (Å²) in [6.45, 7) is 3.86. The van der Waals surface area contributed by atoms with Crippen LogP contribution in [0.2, 0.25) is 0 Å². The van der Waals surface area contributed by atoms with Crippen LogP contribution in [-0.2, 0) is 14.4 Å². The van der Waals surface area contributed by atoms with Crippen molar-refractivity contribution in [1.82, 2.24) is 10.6 Å². The first-order valence-electron chi connectivity index (χ1n) is 7.64. The number of thiol groups is 1. The number of nitrogens with one attached hydrogen (secondary N) is 2. The average molecular weight is 348 g/mol. The Morgan fingerprint density at radius 2 is 1.74 bits per heavy atom. The number of unbranched alkanes of at least 4 members (excludes halogenated alkanes) is 1. The maximum Gasteiger partial charge on any atom is 0.326 e. The summed E-state index contributed by atoms with van der Waals surface area (Å²) in [5.41, 5.74) is 11.0. The summed E-state index contributed by atoms with van der Waals surface area (Å²) in [6, 6.07) is -2.70. The number of rotatable bonds is 11. The van der Waals surface area contributed by atoms with Crippen LogP contribution in [-0.4, -0.2) is 53.3 Å². The van der Waals surface area contributed by atoms with Gasteiger partial charge in [0, 0.05) is 5.75 Å². The molecule has 0 aromatic heterocycles. The molecule has 0 saturated heterocycles. The molecule has 0 spiro atoms. The van der Waals surface area contributed by atoms with Crippen LogP contribution >= 0.6 is 12.6 Å². The average Bonchev–Trinajstić information content (AvgIpc) is 2.49. The number of nitrogens with two attached hydrogens (primary N) is 2. The fourth-order valence-electron chi connectivity index (χ4n) is 1.89. The SMILES string of the molecule is CC(C)[C@H](NC(=O)[C@H](CCCCN)NC(=O)[C@@H](N)CS)C(=O)O. The second-order valence-corrected chi connectivity index (χ2v) is 6.07. The number of carboxylic acid groups (broad SMARTS) is 1. The van der Waals surface area contributed by atoms with E-state index in [0.717, 1.165) is 0 Å². The van der Waals surface area contributed by atoms with E-state index in [0.29, 0.717) is 25.8 Å². The first-order chi connectivity index (χ1) is 10.7. The summed E-state index contributed by atoms with van der Waals surface area (Å²) >= 11 is 3.94. The Labute approximate surface area is 142 Å². The Balaban J connectivity index is 4.91. The van der Waals surface area contributed by atoms with Crippen LogP contribution < -0.4 is 22.1 Å². The molecule has 0 fully saturated rings. The van der Waals surface area contributed by atoms with E-state index in [1.165, 1.54) is 0 Å². The zero-order chi connectivity index (χ0) is 18.0. The number of carbonyl (C=O) groups is 3. The summed E-state index contributed by atoms with van der Waals surface area (Å²) in [5, 5.41) is 14.2. The Kier molecular flexibility index (Phi) is 10.6. The van der Waals surface area contributed by atoms with Crippen molar-refractivity contribution in [2.75, 3.05) is 12.3 Å². The van der Waals surface area contributed by atoms with Crippen LogP contribution in [0.25, 0.3) is 0 Å². The fourth-order valence-corrected chi connectivity index (χ4v) is 2.06. The molecule has 0 aromatic carbocycles. The number of carboxylic acids is 1. The Hall–Kier alpha value is -1.32. The summed E-state index contributed by atoms with van der Waals surface area (Å²) in [5.74, 6) is -2.29. The number of carbonyl (C=O) groups excluding carboxylic acids is 2. The van der Waals surface area contributed by atoms with E-state index in [1.54, 1.807) is 13.8 Å². The van der Waals surface area contributed by atoms with E-state index in [9.17, 15) is 14.4 Å². The topological polar surface area (TPSA) is 148 Å². The Morgan fingerprint density at radius 1 is 1.13 bits per heavy atom. The highest BCUT2D eigenvalue weighted by atomic mass is 32.1. The lowest BCUT2D eigenvalue weighted by Gasteiger charge is -2.24. The monoisotopic (exact) mass is 348 g/mol. The van der Waals surface area contributed by atoms with E-state index in [-0.39, 0.29) is 11.7 Å². The van der Waals surface area contributed by atoms with Gasteiger partial charge in [-0.1, -0.05) is 13.8 Å². The summed E-state index contributed by atoms with van der Waals surface area (Å²) in [4.78, 5) is 35.4. The van der Waals surface area contributed by atoms with Crippen molar-refractivity contribution < 1.29 is 19.5 Å². The highest BCUT2D eigenvalue weighted by molar-refractivity contribution is 7.80. The minimum Gasteiger partial charge on any atom is -0.480 e. The van der Waals surface area contributed by atoms with Crippen molar-refractivity contribution in [3.8, 4) is 0 Å². The minimum atomic E-state index is -1.12. The lowest BCUT2D eigenvalue weighted by atomic mass is 10.0. The molecule has 0 radical (unpaired) electrons. The van der Waals surface area contributed by atoms with Crippen LogP contribution in [0.15, 0.2) is 0 Å². The van der Waals surface area contributed by atoms with Gasteiger partial charge in [0.1, 0.15) is 12.1 Å². The quantitative estimate of drug-likeness (QED) is 0.210. The molecule has 0 heterocycles. The third-order valence-electron chi connectivity index (χ3n) is 3.34. The first kappa shape index (κ1) is 21.7. The fraction of sp³-hybridized carbons (Fsp3) is 0.786. The number of hydrogen-bond donors (Lipinski definition) is 6. The van der Waals surface area contributed by atoms with E-state index in [2.05, 4.69) is 23.3 Å². The maximum absolute atomic E-state index is 12.3. The molecule has 8 nitrogen and oxygen atoms in total. The molecular weight excluding hydrogens is 320 g/mol. The lowest BCUT2D eigenvalue weighted by molar-refractivity contribution is -0.143. The molecule has 0 bridgehead atoms. The lowest BCUT2D eigenvalue weighted by Crippen LogP contribution is -2.55. The van der Waals surface area contributed by atoms with Crippen LogP contribution in [0.4, 0.5) is 0 Å². The van der Waals surface area contributed by atoms with E-state index in [4.69, 9.17) is 16.6 Å². The number of aliphatic carboxylic acids is 1. The molecular formula is C14H28N4O4S. The maximum atomic E-state index is 12.3. The zero-order valence-corrected chi connectivity index (χ0v) is 14.5. The first-order valence-corrected chi connectivity index (χ1v) is 8.27. The van der Waals surface area contributed by atoms with Gasteiger partial charge in [0.25, 0.3) is 0 Å². The Morgan fingerprint density at radius 3 is 2.17 bits per heavy atom. The molecule has 0 unspecified atom stereocenters. The molecule has 0 aliphatic heterocycles. The van der Waals surface area contributed by atoms with Crippen molar-refractivity contribution in [3.05, 3.63) is 0 Å². The Bertz CT molecular complexity index is 406. The summed E-state index contributed by atoms with van der Waals surface area (Å²) < 4.78 is 0. The van der Waals surface area contributed by atoms with Crippen molar-refractivity contribution in [3.63, 3.8) is 0 Å². The van der Waals surface area contributed by atoms with Crippen LogP contribution in [0, 0.1) is 5.92 Å². The molecule has 0 aromatic rings. The van der Waals surface area contributed by atoms with Crippen molar-refractivity contribution >= 4 is 30.4 Å². The summed E-state index contributed by atoms with van der Waals surface area (Å²) in [6.07, 6.45) is 1.69. The highest BCUT2D eigenvalue weighted by Gasteiger charge is 2.28. The molecule has 0 saturated carbocycles. The molecule has 134 valence electrons. The third-order valence-corrected chi connectivity index (χ3v) is 3.74. The van der Waals surface area contributed by atoms with Crippen molar-refractivity contribution in [2.24, 2.45) is 17.4 Å². The van der Waals surface area contributed by atoms with Crippen LogP contribution in [0.1, 0.15) is 33.1 Å².